The number of allylic oxidation sites excluding steroid dienone is 3. The summed E-state index contributed by atoms with van der Waals surface area (Å²) in [6.07, 6.45) is 20.9. The van der Waals surface area contributed by atoms with E-state index in [1.165, 1.54) is 74.6 Å². The average Bonchev–Trinajstić information content (AvgIpc) is 3.38. The van der Waals surface area contributed by atoms with Gasteiger partial charge >= 0.3 is 0 Å². The Morgan fingerprint density at radius 1 is 0.710 bits per heavy atom. The number of anilines is 1. The van der Waals surface area contributed by atoms with Gasteiger partial charge < -0.3 is 5.32 Å². The number of hydrogen-bond donors (Lipinski definition) is 1. The molecule has 0 heterocycles. The predicted molar refractivity (Wildman–Crippen MR) is 133 cm³/mol. The SMILES string of the molecule is [CH]1C=CC=C1CNc1ccc(C2CCC[C@H](c3ccccc3)C2)cc1C1CCCCC1. The Kier molecular flexibility index (Phi) is 6.58. The fourth-order valence-corrected chi connectivity index (χ4v) is 6.00. The molecule has 5 rings (SSSR count). The van der Waals surface area contributed by atoms with Crippen molar-refractivity contribution >= 4 is 5.69 Å². The van der Waals surface area contributed by atoms with E-state index in [0.717, 1.165) is 12.5 Å². The van der Waals surface area contributed by atoms with Gasteiger partial charge in [0.15, 0.2) is 0 Å². The Morgan fingerprint density at radius 2 is 1.48 bits per heavy atom. The molecule has 2 aromatic carbocycles. The van der Waals surface area contributed by atoms with E-state index in [0.29, 0.717) is 11.8 Å². The zero-order valence-electron chi connectivity index (χ0n) is 18.7. The van der Waals surface area contributed by atoms with Crippen LogP contribution in [0.15, 0.2) is 72.3 Å². The topological polar surface area (TPSA) is 12.0 Å². The van der Waals surface area contributed by atoms with Crippen LogP contribution in [0.1, 0.15) is 92.2 Å². The Hall–Kier alpha value is -2.28. The molecular weight excluding hydrogens is 374 g/mol. The minimum absolute atomic E-state index is 0.699. The molecule has 0 bridgehead atoms. The summed E-state index contributed by atoms with van der Waals surface area (Å²) < 4.78 is 0. The standard InChI is InChI=1S/C30H36N/c1-3-12-24(13-4-1)26-16-9-17-27(20-26)28-18-19-30(31-22-23-10-7-8-11-23)29(21-28)25-14-5-2-6-15-25/h1,3-4,7-8,10-13,18-19,21,25-27,31H,2,5-6,9,14-17,20,22H2/t26-,27?/m0/s1. The van der Waals surface area contributed by atoms with Crippen LogP contribution in [0.3, 0.4) is 0 Å². The van der Waals surface area contributed by atoms with Crippen molar-refractivity contribution in [1.29, 1.82) is 0 Å². The third-order valence-corrected chi connectivity index (χ3v) is 7.75. The van der Waals surface area contributed by atoms with Gasteiger partial charge in [0.25, 0.3) is 0 Å². The highest BCUT2D eigenvalue weighted by molar-refractivity contribution is 5.56. The first-order chi connectivity index (χ1) is 15.4. The quantitative estimate of drug-likeness (QED) is 0.505. The Balaban J connectivity index is 1.36. The fourth-order valence-electron chi connectivity index (χ4n) is 6.00. The number of rotatable bonds is 6. The van der Waals surface area contributed by atoms with Gasteiger partial charge in [-0.05, 0) is 78.2 Å². The summed E-state index contributed by atoms with van der Waals surface area (Å²) in [7, 11) is 0. The molecule has 2 atom stereocenters. The normalized spacial score (nSPS) is 24.2. The first-order valence-electron chi connectivity index (χ1n) is 12.5. The van der Waals surface area contributed by atoms with Crippen LogP contribution in [0, 0.1) is 6.42 Å². The summed E-state index contributed by atoms with van der Waals surface area (Å²) in [4.78, 5) is 0. The zero-order chi connectivity index (χ0) is 20.9. The highest BCUT2D eigenvalue weighted by atomic mass is 14.9. The van der Waals surface area contributed by atoms with Crippen LogP contribution < -0.4 is 5.32 Å². The largest absolute Gasteiger partial charge is 0.381 e. The molecular formula is C30H36N. The van der Waals surface area contributed by atoms with E-state index in [-0.39, 0.29) is 0 Å². The van der Waals surface area contributed by atoms with Crippen LogP contribution in [0.5, 0.6) is 0 Å². The maximum atomic E-state index is 3.78. The molecule has 0 saturated heterocycles. The molecule has 0 spiro atoms. The molecule has 1 unspecified atom stereocenters. The lowest BCUT2D eigenvalue weighted by molar-refractivity contribution is 0.393. The van der Waals surface area contributed by atoms with Gasteiger partial charge in [-0.3, -0.25) is 0 Å². The van der Waals surface area contributed by atoms with Gasteiger partial charge in [0.1, 0.15) is 0 Å². The van der Waals surface area contributed by atoms with Crippen molar-refractivity contribution in [3.05, 3.63) is 95.4 Å². The van der Waals surface area contributed by atoms with E-state index < -0.39 is 0 Å². The molecule has 0 aromatic heterocycles. The average molecular weight is 411 g/mol. The summed E-state index contributed by atoms with van der Waals surface area (Å²) >= 11 is 0. The van der Waals surface area contributed by atoms with E-state index in [9.17, 15) is 0 Å². The highest BCUT2D eigenvalue weighted by Crippen LogP contribution is 2.44. The first kappa shape index (κ1) is 20.6. The predicted octanol–water partition coefficient (Wildman–Crippen LogP) is 8.29. The third-order valence-electron chi connectivity index (χ3n) is 7.75. The number of benzene rings is 2. The van der Waals surface area contributed by atoms with Crippen molar-refractivity contribution in [3.8, 4) is 0 Å². The van der Waals surface area contributed by atoms with Gasteiger partial charge in [0.05, 0.1) is 0 Å². The monoisotopic (exact) mass is 410 g/mol. The molecule has 1 heteroatoms. The van der Waals surface area contributed by atoms with Gasteiger partial charge in [0, 0.05) is 18.7 Å². The number of hydrogen-bond acceptors (Lipinski definition) is 1. The van der Waals surface area contributed by atoms with Gasteiger partial charge in [-0.1, -0.05) is 86.4 Å². The molecule has 2 aromatic rings. The van der Waals surface area contributed by atoms with Crippen molar-refractivity contribution in [2.75, 3.05) is 11.9 Å². The smallest absolute Gasteiger partial charge is 0.0378 e. The first-order valence-corrected chi connectivity index (χ1v) is 12.5. The van der Waals surface area contributed by atoms with Crippen molar-refractivity contribution in [1.82, 2.24) is 0 Å². The molecule has 1 nitrogen and oxygen atoms in total. The van der Waals surface area contributed by atoms with E-state index in [1.807, 2.05) is 0 Å². The molecule has 1 radical (unpaired) electrons. The van der Waals surface area contributed by atoms with Crippen LogP contribution in [0.2, 0.25) is 0 Å². The van der Waals surface area contributed by atoms with E-state index in [4.69, 9.17) is 0 Å². The summed E-state index contributed by atoms with van der Waals surface area (Å²) in [6.45, 7) is 0.922. The minimum atomic E-state index is 0.699. The van der Waals surface area contributed by atoms with Crippen LogP contribution in [-0.2, 0) is 0 Å². The summed E-state index contributed by atoms with van der Waals surface area (Å²) in [5.74, 6) is 2.14. The summed E-state index contributed by atoms with van der Waals surface area (Å²) in [5.41, 5.74) is 7.45. The fraction of sp³-hybridized carbons (Fsp3) is 0.433. The molecule has 0 amide bonds. The zero-order valence-corrected chi connectivity index (χ0v) is 18.7. The van der Waals surface area contributed by atoms with Crippen LogP contribution >= 0.6 is 0 Å². The summed E-state index contributed by atoms with van der Waals surface area (Å²) in [6, 6.07) is 18.6. The van der Waals surface area contributed by atoms with E-state index >= 15 is 0 Å². The lowest BCUT2D eigenvalue weighted by Crippen LogP contribution is -2.15. The van der Waals surface area contributed by atoms with Gasteiger partial charge in [0.2, 0.25) is 0 Å². The van der Waals surface area contributed by atoms with Crippen LogP contribution in [0.4, 0.5) is 5.69 Å². The lowest BCUT2D eigenvalue weighted by Gasteiger charge is -2.31. The third kappa shape index (κ3) is 4.97. The lowest BCUT2D eigenvalue weighted by atomic mass is 9.74. The Labute approximate surface area is 188 Å². The number of nitrogens with one attached hydrogen (secondary N) is 1. The second-order valence-corrected chi connectivity index (χ2v) is 9.80. The van der Waals surface area contributed by atoms with E-state index in [2.05, 4.69) is 78.5 Å². The molecule has 3 aliphatic carbocycles. The Morgan fingerprint density at radius 3 is 2.26 bits per heavy atom. The molecule has 1 N–H and O–H groups in total. The molecule has 2 fully saturated rings. The second kappa shape index (κ2) is 9.90. The maximum absolute atomic E-state index is 3.78. The van der Waals surface area contributed by atoms with Gasteiger partial charge in [-0.25, -0.2) is 0 Å². The molecule has 0 aliphatic heterocycles. The van der Waals surface area contributed by atoms with Crippen molar-refractivity contribution in [3.63, 3.8) is 0 Å². The van der Waals surface area contributed by atoms with Crippen molar-refractivity contribution in [2.45, 2.75) is 75.5 Å². The van der Waals surface area contributed by atoms with Crippen molar-refractivity contribution in [2.24, 2.45) is 0 Å². The Bertz CT molecular complexity index is 917. The minimum Gasteiger partial charge on any atom is -0.381 e. The molecule has 31 heavy (non-hydrogen) atoms. The van der Waals surface area contributed by atoms with E-state index in [1.54, 1.807) is 11.1 Å². The molecule has 3 aliphatic rings. The van der Waals surface area contributed by atoms with Crippen LogP contribution in [-0.4, -0.2) is 6.54 Å². The highest BCUT2D eigenvalue weighted by Gasteiger charge is 2.26. The van der Waals surface area contributed by atoms with Gasteiger partial charge in [-0.15, -0.1) is 0 Å². The van der Waals surface area contributed by atoms with Gasteiger partial charge in [-0.2, -0.15) is 0 Å². The molecule has 161 valence electrons. The van der Waals surface area contributed by atoms with Crippen molar-refractivity contribution < 1.29 is 0 Å². The molecule has 2 saturated carbocycles. The van der Waals surface area contributed by atoms with Crippen LogP contribution in [0.25, 0.3) is 0 Å². The summed E-state index contributed by atoms with van der Waals surface area (Å²) in [5, 5.41) is 3.78. The maximum Gasteiger partial charge on any atom is 0.0378 e. The second-order valence-electron chi connectivity index (χ2n) is 9.80.